The van der Waals surface area contributed by atoms with Gasteiger partial charge in [0.2, 0.25) is 10.3 Å². The minimum atomic E-state index is -2.39. The van der Waals surface area contributed by atoms with Gasteiger partial charge in [0.25, 0.3) is 0 Å². The third-order valence-electron chi connectivity index (χ3n) is 7.88. The van der Waals surface area contributed by atoms with Crippen molar-refractivity contribution >= 4 is 65.5 Å². The van der Waals surface area contributed by atoms with E-state index < -0.39 is 10.3 Å². The van der Waals surface area contributed by atoms with Gasteiger partial charge in [-0.1, -0.05) is 25.1 Å². The summed E-state index contributed by atoms with van der Waals surface area (Å²) < 4.78 is 49.6. The highest BCUT2D eigenvalue weighted by molar-refractivity contribution is 9.10. The van der Waals surface area contributed by atoms with Crippen LogP contribution in [0.15, 0.2) is 95.2 Å². The molecule has 0 fully saturated rings. The molecular formula is C36H32BrFN6O4S2. The summed E-state index contributed by atoms with van der Waals surface area (Å²) in [5.41, 5.74) is 5.69. The van der Waals surface area contributed by atoms with Crippen LogP contribution in [0.4, 0.5) is 15.9 Å². The van der Waals surface area contributed by atoms with Gasteiger partial charge in [0, 0.05) is 52.9 Å². The van der Waals surface area contributed by atoms with Gasteiger partial charge in [0.05, 0.1) is 28.8 Å². The number of thiazole rings is 1. The van der Waals surface area contributed by atoms with Crippen LogP contribution in [-0.2, 0) is 23.3 Å². The minimum Gasteiger partial charge on any atom is -0.496 e. The highest BCUT2D eigenvalue weighted by Crippen LogP contribution is 2.39. The van der Waals surface area contributed by atoms with E-state index in [2.05, 4.69) is 36.2 Å². The second-order valence-electron chi connectivity index (χ2n) is 11.2. The molecule has 0 aliphatic rings. The molecule has 1 atom stereocenters. The van der Waals surface area contributed by atoms with E-state index in [1.165, 1.54) is 35.3 Å². The molecule has 0 aliphatic heterocycles. The van der Waals surface area contributed by atoms with E-state index in [1.54, 1.807) is 19.4 Å². The van der Waals surface area contributed by atoms with Gasteiger partial charge in [0.1, 0.15) is 46.6 Å². The van der Waals surface area contributed by atoms with Crippen molar-refractivity contribution in [1.29, 1.82) is 0 Å². The van der Waals surface area contributed by atoms with Gasteiger partial charge in [-0.05, 0) is 76.4 Å². The first-order valence-corrected chi connectivity index (χ1v) is 18.4. The average molecular weight is 776 g/mol. The molecule has 10 nitrogen and oxygen atoms in total. The van der Waals surface area contributed by atoms with Gasteiger partial charge in [-0.15, -0.1) is 11.3 Å². The standard InChI is InChI=1S/C36H32BrFN6O4S2/c1-3-32(44(22-50(45)46)14-12-25-9-4-5-13-39-25)36-43-31(20-49-36)27-17-28-30(18-34(27)47-2)40-21-41-35(28)42-26-10-11-33(29(37)16-26)48-19-23-7-6-8-24(38)15-23/h4-11,13,15-18,20-22,32H,3,12,14,19H2,1-2H3,(H,40,41,42). The Morgan fingerprint density at radius 1 is 1.04 bits per heavy atom. The van der Waals surface area contributed by atoms with E-state index in [4.69, 9.17) is 14.5 Å². The van der Waals surface area contributed by atoms with Crippen LogP contribution >= 0.6 is 27.3 Å². The number of nitrogens with zero attached hydrogens (tertiary/aromatic N) is 5. The number of ether oxygens (including phenoxy) is 2. The third-order valence-corrected chi connectivity index (χ3v) is 9.89. The fourth-order valence-electron chi connectivity index (χ4n) is 5.47. The van der Waals surface area contributed by atoms with Crippen LogP contribution in [-0.4, -0.2) is 52.4 Å². The molecule has 6 rings (SSSR count). The number of pyridine rings is 1. The summed E-state index contributed by atoms with van der Waals surface area (Å²) >= 11 is 5.05. The lowest BCUT2D eigenvalue weighted by atomic mass is 10.1. The van der Waals surface area contributed by atoms with Gasteiger partial charge in [-0.3, -0.25) is 9.88 Å². The largest absolute Gasteiger partial charge is 0.496 e. The number of halogens is 2. The number of aromatic nitrogens is 4. The van der Waals surface area contributed by atoms with Crippen LogP contribution in [0.25, 0.3) is 22.2 Å². The zero-order valence-corrected chi connectivity index (χ0v) is 30.3. The number of benzene rings is 3. The molecular weight excluding hydrogens is 743 g/mol. The Morgan fingerprint density at radius 3 is 2.66 bits per heavy atom. The lowest BCUT2D eigenvalue weighted by Crippen LogP contribution is -2.30. The Hall–Kier alpha value is -4.76. The van der Waals surface area contributed by atoms with Crippen molar-refractivity contribution in [2.24, 2.45) is 0 Å². The van der Waals surface area contributed by atoms with Crippen molar-refractivity contribution in [1.82, 2.24) is 24.8 Å². The highest BCUT2D eigenvalue weighted by Gasteiger charge is 2.23. The summed E-state index contributed by atoms with van der Waals surface area (Å²) in [6, 6.07) is 21.1. The summed E-state index contributed by atoms with van der Waals surface area (Å²) in [6.07, 6.45) is 4.44. The number of methoxy groups -OCH3 is 1. The van der Waals surface area contributed by atoms with E-state index in [-0.39, 0.29) is 18.5 Å². The Labute approximate surface area is 302 Å². The second kappa shape index (κ2) is 16.3. The molecule has 14 heteroatoms. The van der Waals surface area contributed by atoms with Crippen LogP contribution in [0.1, 0.15) is 35.7 Å². The first-order valence-electron chi connectivity index (χ1n) is 15.6. The number of fused-ring (bicyclic) bond motifs is 1. The van der Waals surface area contributed by atoms with Gasteiger partial charge < -0.3 is 14.8 Å². The first kappa shape index (κ1) is 35.1. The van der Waals surface area contributed by atoms with Gasteiger partial charge in [0.15, 0.2) is 0 Å². The van der Waals surface area contributed by atoms with Crippen molar-refractivity contribution in [3.05, 3.63) is 117 Å². The maximum atomic E-state index is 13.6. The van der Waals surface area contributed by atoms with Crippen LogP contribution in [0.5, 0.6) is 11.5 Å². The molecule has 0 amide bonds. The number of hydrogen-bond donors (Lipinski definition) is 1. The molecule has 3 aromatic carbocycles. The summed E-state index contributed by atoms with van der Waals surface area (Å²) in [6.45, 7) is 2.69. The molecule has 0 saturated carbocycles. The summed E-state index contributed by atoms with van der Waals surface area (Å²) in [4.78, 5) is 20.2. The molecule has 0 spiro atoms. The third kappa shape index (κ3) is 8.51. The van der Waals surface area contributed by atoms with Crippen LogP contribution < -0.4 is 14.8 Å². The first-order chi connectivity index (χ1) is 24.3. The van der Waals surface area contributed by atoms with E-state index >= 15 is 0 Å². The summed E-state index contributed by atoms with van der Waals surface area (Å²) in [5, 5.41) is 6.86. The predicted molar refractivity (Wildman–Crippen MR) is 198 cm³/mol. The smallest absolute Gasteiger partial charge is 0.225 e. The SMILES string of the molecule is CCC(c1nc(-c2cc3c(Nc4ccc(OCc5cccc(F)c5)c(Br)c4)ncnc3cc2OC)cs1)N(C=S(=O)=O)CCc1ccccn1. The van der Waals surface area contributed by atoms with E-state index in [1.807, 2.05) is 71.8 Å². The van der Waals surface area contributed by atoms with Crippen molar-refractivity contribution < 1.29 is 22.3 Å². The second-order valence-corrected chi connectivity index (χ2v) is 13.6. The topological polar surface area (TPSA) is 119 Å². The lowest BCUT2D eigenvalue weighted by molar-refractivity contribution is 0.303. The molecule has 3 heterocycles. The molecule has 1 N–H and O–H groups in total. The highest BCUT2D eigenvalue weighted by atomic mass is 79.9. The van der Waals surface area contributed by atoms with Gasteiger partial charge in [-0.25, -0.2) is 19.3 Å². The Bertz CT molecular complexity index is 2250. The molecule has 0 radical (unpaired) electrons. The molecule has 1 unspecified atom stereocenters. The average Bonchev–Trinajstić information content (AvgIpc) is 3.60. The molecule has 256 valence electrons. The molecule has 0 bridgehead atoms. The Morgan fingerprint density at radius 2 is 1.92 bits per heavy atom. The van der Waals surface area contributed by atoms with Gasteiger partial charge in [-0.2, -0.15) is 8.42 Å². The maximum Gasteiger partial charge on any atom is 0.225 e. The van der Waals surface area contributed by atoms with Crippen molar-refractivity contribution in [3.8, 4) is 22.8 Å². The Kier molecular flexibility index (Phi) is 11.4. The van der Waals surface area contributed by atoms with E-state index in [0.717, 1.165) is 32.9 Å². The quantitative estimate of drug-likeness (QED) is 0.109. The fraction of sp³-hybridized carbons (Fsp3) is 0.194. The molecule has 3 aromatic heterocycles. The zero-order valence-electron chi connectivity index (χ0n) is 27.1. The summed E-state index contributed by atoms with van der Waals surface area (Å²) in [5.74, 6) is 1.47. The van der Waals surface area contributed by atoms with Crippen molar-refractivity contribution in [2.45, 2.75) is 32.4 Å². The zero-order chi connectivity index (χ0) is 35.0. The minimum absolute atomic E-state index is 0.223. The van der Waals surface area contributed by atoms with E-state index in [0.29, 0.717) is 52.4 Å². The van der Waals surface area contributed by atoms with Crippen LogP contribution in [0.2, 0.25) is 0 Å². The van der Waals surface area contributed by atoms with Crippen LogP contribution in [0.3, 0.4) is 0 Å². The molecule has 50 heavy (non-hydrogen) atoms. The molecule has 0 saturated heterocycles. The van der Waals surface area contributed by atoms with Crippen LogP contribution in [0, 0.1) is 5.82 Å². The Balaban J connectivity index is 1.26. The number of hydrogen-bond acceptors (Lipinski definition) is 10. The number of rotatable bonds is 14. The fourth-order valence-corrected chi connectivity index (χ4v) is 7.46. The maximum absolute atomic E-state index is 13.6. The van der Waals surface area contributed by atoms with E-state index in [9.17, 15) is 12.8 Å². The molecule has 6 aromatic rings. The van der Waals surface area contributed by atoms with Crippen molar-refractivity contribution in [2.75, 3.05) is 19.0 Å². The monoisotopic (exact) mass is 774 g/mol. The number of anilines is 2. The normalized spacial score (nSPS) is 11.8. The van der Waals surface area contributed by atoms with Crippen molar-refractivity contribution in [3.63, 3.8) is 0 Å². The summed E-state index contributed by atoms with van der Waals surface area (Å²) in [7, 11) is -0.790. The number of nitrogens with one attached hydrogen (secondary N) is 1. The lowest BCUT2D eigenvalue weighted by Gasteiger charge is -2.24. The molecule has 0 aliphatic carbocycles. The predicted octanol–water partition coefficient (Wildman–Crippen LogP) is 8.02. The van der Waals surface area contributed by atoms with Gasteiger partial charge >= 0.3 is 0 Å².